The van der Waals surface area contributed by atoms with E-state index in [9.17, 15) is 4.39 Å². The monoisotopic (exact) mass is 301 g/mol. The van der Waals surface area contributed by atoms with Gasteiger partial charge in [0, 0.05) is 11.1 Å². The van der Waals surface area contributed by atoms with Crippen molar-refractivity contribution in [1.82, 2.24) is 0 Å². The highest BCUT2D eigenvalue weighted by Crippen LogP contribution is 2.42. The minimum atomic E-state index is -0.375. The van der Waals surface area contributed by atoms with E-state index in [4.69, 9.17) is 10.5 Å². The van der Waals surface area contributed by atoms with E-state index in [1.54, 1.807) is 13.2 Å². The van der Waals surface area contributed by atoms with Gasteiger partial charge in [-0.25, -0.2) is 4.39 Å². The van der Waals surface area contributed by atoms with E-state index in [0.717, 1.165) is 31.2 Å². The summed E-state index contributed by atoms with van der Waals surface area (Å²) in [5.41, 5.74) is 6.99. The van der Waals surface area contributed by atoms with Crippen LogP contribution in [0.4, 0.5) is 4.39 Å². The number of halogens is 2. The normalized spacial score (nSPS) is 19.1. The van der Waals surface area contributed by atoms with Crippen LogP contribution in [-0.2, 0) is 5.54 Å². The van der Waals surface area contributed by atoms with E-state index >= 15 is 0 Å². The Morgan fingerprint density at radius 2 is 1.94 bits per heavy atom. The molecule has 0 heterocycles. The molecule has 4 heteroatoms. The van der Waals surface area contributed by atoms with Crippen molar-refractivity contribution in [3.63, 3.8) is 0 Å². The summed E-state index contributed by atoms with van der Waals surface area (Å²) >= 11 is 3.23. The zero-order valence-corrected chi connectivity index (χ0v) is 11.5. The molecule has 1 aromatic carbocycles. The van der Waals surface area contributed by atoms with Crippen LogP contribution in [0.25, 0.3) is 0 Å². The van der Waals surface area contributed by atoms with Crippen LogP contribution in [-0.4, -0.2) is 7.11 Å². The van der Waals surface area contributed by atoms with Gasteiger partial charge in [-0.1, -0.05) is 25.3 Å². The zero-order valence-electron chi connectivity index (χ0n) is 9.93. The van der Waals surface area contributed by atoms with Crippen molar-refractivity contribution in [2.75, 3.05) is 7.11 Å². The van der Waals surface area contributed by atoms with E-state index in [2.05, 4.69) is 15.9 Å². The highest BCUT2D eigenvalue weighted by atomic mass is 79.9. The molecular formula is C13H17BrFNO. The van der Waals surface area contributed by atoms with Crippen molar-refractivity contribution in [1.29, 1.82) is 0 Å². The molecular weight excluding hydrogens is 285 g/mol. The van der Waals surface area contributed by atoms with E-state index in [0.29, 0.717) is 10.2 Å². The molecule has 2 rings (SSSR count). The summed E-state index contributed by atoms with van der Waals surface area (Å²) in [7, 11) is 1.55. The van der Waals surface area contributed by atoms with Crippen molar-refractivity contribution >= 4 is 15.9 Å². The number of hydrogen-bond donors (Lipinski definition) is 1. The molecule has 0 atom stereocenters. The minimum absolute atomic E-state index is 0.315. The fraction of sp³-hybridized carbons (Fsp3) is 0.538. The Hall–Kier alpha value is -0.610. The van der Waals surface area contributed by atoms with Gasteiger partial charge < -0.3 is 10.5 Å². The first-order valence-corrected chi connectivity index (χ1v) is 6.69. The quantitative estimate of drug-likeness (QED) is 0.903. The second kappa shape index (κ2) is 4.94. The summed E-state index contributed by atoms with van der Waals surface area (Å²) in [6.07, 6.45) is 5.33. The highest BCUT2D eigenvalue weighted by Gasteiger charge is 2.33. The van der Waals surface area contributed by atoms with Gasteiger partial charge in [-0.3, -0.25) is 0 Å². The van der Waals surface area contributed by atoms with Crippen molar-refractivity contribution in [2.45, 2.75) is 37.6 Å². The number of nitrogens with two attached hydrogens (primary N) is 1. The Morgan fingerprint density at radius 3 is 2.53 bits per heavy atom. The van der Waals surface area contributed by atoms with Gasteiger partial charge in [0.2, 0.25) is 0 Å². The standard InChI is InChI=1S/C13H17BrFNO/c1-17-12-9(5-6-10(15)11(12)14)13(16)7-3-2-4-8-13/h5-6H,2-4,7-8,16H2,1H3. The SMILES string of the molecule is COc1c(C2(N)CCCCC2)ccc(F)c1Br. The first-order chi connectivity index (χ1) is 8.08. The number of methoxy groups -OCH3 is 1. The van der Waals surface area contributed by atoms with Crippen LogP contribution >= 0.6 is 15.9 Å². The van der Waals surface area contributed by atoms with Crippen molar-refractivity contribution in [2.24, 2.45) is 5.73 Å². The Balaban J connectivity index is 2.47. The predicted molar refractivity (Wildman–Crippen MR) is 69.6 cm³/mol. The van der Waals surface area contributed by atoms with Crippen molar-refractivity contribution in [3.8, 4) is 5.75 Å². The third kappa shape index (κ3) is 2.33. The van der Waals surface area contributed by atoms with Gasteiger partial charge in [0.1, 0.15) is 11.6 Å². The molecule has 0 spiro atoms. The molecule has 1 aliphatic rings. The second-order valence-electron chi connectivity index (χ2n) is 4.66. The van der Waals surface area contributed by atoms with Gasteiger partial charge in [-0.05, 0) is 34.8 Å². The Morgan fingerprint density at radius 1 is 1.29 bits per heavy atom. The summed E-state index contributed by atoms with van der Waals surface area (Å²) in [6, 6.07) is 3.20. The smallest absolute Gasteiger partial charge is 0.141 e. The lowest BCUT2D eigenvalue weighted by Crippen LogP contribution is -2.39. The summed E-state index contributed by atoms with van der Waals surface area (Å²) in [5, 5.41) is 0. The fourth-order valence-electron chi connectivity index (χ4n) is 2.58. The van der Waals surface area contributed by atoms with E-state index < -0.39 is 0 Å². The molecule has 2 nitrogen and oxygen atoms in total. The summed E-state index contributed by atoms with van der Waals surface area (Å²) in [5.74, 6) is 0.222. The van der Waals surface area contributed by atoms with E-state index in [1.807, 2.05) is 0 Å². The maximum Gasteiger partial charge on any atom is 0.141 e. The first-order valence-electron chi connectivity index (χ1n) is 5.90. The van der Waals surface area contributed by atoms with Crippen LogP contribution < -0.4 is 10.5 Å². The Kier molecular flexibility index (Phi) is 3.73. The van der Waals surface area contributed by atoms with Crippen LogP contribution in [0.15, 0.2) is 16.6 Å². The third-order valence-electron chi connectivity index (χ3n) is 3.54. The van der Waals surface area contributed by atoms with Crippen LogP contribution in [0.5, 0.6) is 5.75 Å². The third-order valence-corrected chi connectivity index (χ3v) is 4.28. The molecule has 0 amide bonds. The van der Waals surface area contributed by atoms with Gasteiger partial charge in [0.05, 0.1) is 11.6 Å². The molecule has 94 valence electrons. The highest BCUT2D eigenvalue weighted by molar-refractivity contribution is 9.10. The zero-order chi connectivity index (χ0) is 12.5. The predicted octanol–water partition coefficient (Wildman–Crippen LogP) is 3.71. The average Bonchev–Trinajstić information content (AvgIpc) is 2.33. The van der Waals surface area contributed by atoms with Crippen LogP contribution in [0.3, 0.4) is 0 Å². The molecule has 0 saturated heterocycles. The number of rotatable bonds is 2. The molecule has 0 unspecified atom stereocenters. The molecule has 1 aliphatic carbocycles. The van der Waals surface area contributed by atoms with Crippen LogP contribution in [0.1, 0.15) is 37.7 Å². The van der Waals surface area contributed by atoms with Gasteiger partial charge >= 0.3 is 0 Å². The van der Waals surface area contributed by atoms with Gasteiger partial charge in [0.25, 0.3) is 0 Å². The van der Waals surface area contributed by atoms with E-state index in [-0.39, 0.29) is 11.4 Å². The fourth-order valence-corrected chi connectivity index (χ4v) is 3.08. The molecule has 1 saturated carbocycles. The summed E-state index contributed by atoms with van der Waals surface area (Å²) in [6.45, 7) is 0. The molecule has 0 bridgehead atoms. The van der Waals surface area contributed by atoms with Gasteiger partial charge in [-0.15, -0.1) is 0 Å². The maximum absolute atomic E-state index is 13.5. The lowest BCUT2D eigenvalue weighted by atomic mass is 9.77. The number of hydrogen-bond acceptors (Lipinski definition) is 2. The summed E-state index contributed by atoms with van der Waals surface area (Å²) < 4.78 is 19.1. The van der Waals surface area contributed by atoms with Gasteiger partial charge in [-0.2, -0.15) is 0 Å². The molecule has 1 aromatic rings. The Labute approximate surface area is 109 Å². The van der Waals surface area contributed by atoms with Crippen molar-refractivity contribution < 1.29 is 9.13 Å². The number of benzene rings is 1. The molecule has 0 aromatic heterocycles. The van der Waals surface area contributed by atoms with Crippen molar-refractivity contribution in [3.05, 3.63) is 28.0 Å². The topological polar surface area (TPSA) is 35.2 Å². The average molecular weight is 302 g/mol. The van der Waals surface area contributed by atoms with Crippen LogP contribution in [0, 0.1) is 5.82 Å². The minimum Gasteiger partial charge on any atom is -0.495 e. The lowest BCUT2D eigenvalue weighted by Gasteiger charge is -2.35. The molecule has 1 fully saturated rings. The van der Waals surface area contributed by atoms with Gasteiger partial charge in [0.15, 0.2) is 0 Å². The largest absolute Gasteiger partial charge is 0.495 e. The molecule has 2 N–H and O–H groups in total. The van der Waals surface area contributed by atoms with Crippen LogP contribution in [0.2, 0.25) is 0 Å². The number of ether oxygens (including phenoxy) is 1. The maximum atomic E-state index is 13.5. The molecule has 17 heavy (non-hydrogen) atoms. The molecule has 0 aliphatic heterocycles. The van der Waals surface area contributed by atoms with E-state index in [1.165, 1.54) is 12.5 Å². The lowest BCUT2D eigenvalue weighted by molar-refractivity contribution is 0.287. The Bertz CT molecular complexity index is 416. The summed E-state index contributed by atoms with van der Waals surface area (Å²) in [4.78, 5) is 0. The second-order valence-corrected chi connectivity index (χ2v) is 5.45. The first kappa shape index (κ1) is 12.8. The molecule has 0 radical (unpaired) electrons.